The number of hydrogen-bond acceptors (Lipinski definition) is 3. The third-order valence-corrected chi connectivity index (χ3v) is 3.06. The fraction of sp³-hybridized carbons (Fsp3) is 0.571. The molecule has 0 spiro atoms. The summed E-state index contributed by atoms with van der Waals surface area (Å²) >= 11 is 0. The highest BCUT2D eigenvalue weighted by molar-refractivity contribution is 5.51. The van der Waals surface area contributed by atoms with E-state index in [9.17, 15) is 8.78 Å². The van der Waals surface area contributed by atoms with Crippen LogP contribution < -0.4 is 10.6 Å². The highest BCUT2D eigenvalue weighted by Crippen LogP contribution is 2.26. The summed E-state index contributed by atoms with van der Waals surface area (Å²) in [5, 5.41) is 0. The summed E-state index contributed by atoms with van der Waals surface area (Å²) in [5.74, 6) is -1.14. The lowest BCUT2D eigenvalue weighted by atomic mass is 10.1. The molecule has 0 aromatic heterocycles. The monoisotopic (exact) mass is 272 g/mol. The maximum atomic E-state index is 14.0. The van der Waals surface area contributed by atoms with Gasteiger partial charge in [0.15, 0.2) is 0 Å². The Hall–Kier alpha value is -1.20. The van der Waals surface area contributed by atoms with Crippen molar-refractivity contribution in [2.24, 2.45) is 5.73 Å². The normalized spacial score (nSPS) is 14.3. The first-order valence-electron chi connectivity index (χ1n) is 6.32. The van der Waals surface area contributed by atoms with Gasteiger partial charge in [-0.1, -0.05) is 0 Å². The molecule has 2 unspecified atom stereocenters. The van der Waals surface area contributed by atoms with Crippen LogP contribution in [-0.4, -0.2) is 32.8 Å². The van der Waals surface area contributed by atoms with Gasteiger partial charge in [0, 0.05) is 26.2 Å². The molecule has 0 fully saturated rings. The lowest BCUT2D eigenvalue weighted by molar-refractivity contribution is 0.183. The Bertz CT molecular complexity index is 401. The number of nitrogens with zero attached hydrogens (tertiary/aromatic N) is 1. The molecule has 2 N–H and O–H groups in total. The summed E-state index contributed by atoms with van der Waals surface area (Å²) in [6.07, 6.45) is 0.450. The molecule has 1 rings (SSSR count). The quantitative estimate of drug-likeness (QED) is 0.863. The molecular formula is C14H22F2N2O. The van der Waals surface area contributed by atoms with Crippen LogP contribution in [0.15, 0.2) is 12.1 Å². The minimum Gasteiger partial charge on any atom is -0.383 e. The van der Waals surface area contributed by atoms with E-state index >= 15 is 0 Å². The van der Waals surface area contributed by atoms with Crippen molar-refractivity contribution in [3.8, 4) is 0 Å². The van der Waals surface area contributed by atoms with Crippen molar-refractivity contribution in [1.82, 2.24) is 0 Å². The van der Waals surface area contributed by atoms with Crippen molar-refractivity contribution >= 4 is 5.69 Å². The number of ether oxygens (including phenoxy) is 1. The zero-order valence-electron chi connectivity index (χ0n) is 11.9. The number of hydrogen-bond donors (Lipinski definition) is 1. The molecule has 0 amide bonds. The first-order chi connectivity index (χ1) is 8.86. The van der Waals surface area contributed by atoms with E-state index in [-0.39, 0.29) is 17.8 Å². The van der Waals surface area contributed by atoms with Gasteiger partial charge in [0.1, 0.15) is 17.3 Å². The number of methoxy groups -OCH3 is 1. The summed E-state index contributed by atoms with van der Waals surface area (Å²) in [6, 6.07) is 2.44. The van der Waals surface area contributed by atoms with E-state index in [1.165, 1.54) is 12.1 Å². The number of halogens is 2. The Balaban J connectivity index is 3.02. The molecule has 0 heterocycles. The molecule has 0 aliphatic heterocycles. The molecule has 108 valence electrons. The Morgan fingerprint density at radius 3 is 2.21 bits per heavy atom. The molecule has 2 atom stereocenters. The zero-order chi connectivity index (χ0) is 14.6. The van der Waals surface area contributed by atoms with Gasteiger partial charge >= 0.3 is 0 Å². The van der Waals surface area contributed by atoms with Crippen molar-refractivity contribution < 1.29 is 13.5 Å². The van der Waals surface area contributed by atoms with Gasteiger partial charge < -0.3 is 15.4 Å². The van der Waals surface area contributed by atoms with E-state index < -0.39 is 11.6 Å². The number of likely N-dealkylation sites (N-methyl/N-ethyl adjacent to an activating group) is 1. The van der Waals surface area contributed by atoms with Gasteiger partial charge in [-0.15, -0.1) is 0 Å². The van der Waals surface area contributed by atoms with Crippen molar-refractivity contribution in [1.29, 1.82) is 0 Å². The molecule has 0 saturated heterocycles. The number of benzene rings is 1. The number of rotatable bonds is 6. The molecule has 0 aliphatic carbocycles. The van der Waals surface area contributed by atoms with E-state index in [4.69, 9.17) is 10.5 Å². The second-order valence-electron chi connectivity index (χ2n) is 5.00. The second kappa shape index (κ2) is 6.82. The highest BCUT2D eigenvalue weighted by atomic mass is 19.1. The van der Waals surface area contributed by atoms with Crippen LogP contribution in [-0.2, 0) is 11.2 Å². The minimum absolute atomic E-state index is 0.0297. The van der Waals surface area contributed by atoms with Crippen LogP contribution in [0.2, 0.25) is 0 Å². The average Bonchev–Trinajstić information content (AvgIpc) is 2.27. The molecule has 19 heavy (non-hydrogen) atoms. The lowest BCUT2D eigenvalue weighted by Gasteiger charge is -2.27. The van der Waals surface area contributed by atoms with Crippen LogP contribution in [0.5, 0.6) is 0 Å². The molecule has 1 aromatic rings. The summed E-state index contributed by atoms with van der Waals surface area (Å²) in [7, 11) is 3.21. The van der Waals surface area contributed by atoms with E-state index in [2.05, 4.69) is 0 Å². The van der Waals surface area contributed by atoms with Gasteiger partial charge in [0.25, 0.3) is 0 Å². The summed E-state index contributed by atoms with van der Waals surface area (Å²) in [4.78, 5) is 1.55. The maximum Gasteiger partial charge on any atom is 0.149 e. The molecule has 1 aromatic carbocycles. The Morgan fingerprint density at radius 2 is 1.79 bits per heavy atom. The first kappa shape index (κ1) is 15.9. The zero-order valence-corrected chi connectivity index (χ0v) is 11.9. The van der Waals surface area contributed by atoms with Crippen molar-refractivity contribution in [3.63, 3.8) is 0 Å². The van der Waals surface area contributed by atoms with Gasteiger partial charge in [-0.3, -0.25) is 0 Å². The Labute approximate surface area is 113 Å². The standard InChI is InChI=1S/C14H22F2N2O/c1-9(17)5-11-6-12(15)14(13(16)7-11)18(3)10(2)8-19-4/h6-7,9-10H,5,8,17H2,1-4H3. The molecule has 5 heteroatoms. The topological polar surface area (TPSA) is 38.5 Å². The fourth-order valence-corrected chi connectivity index (χ4v) is 2.02. The largest absolute Gasteiger partial charge is 0.383 e. The molecule has 3 nitrogen and oxygen atoms in total. The minimum atomic E-state index is -0.568. The number of nitrogens with two attached hydrogens (primary N) is 1. The summed E-state index contributed by atoms with van der Waals surface area (Å²) < 4.78 is 33.1. The second-order valence-corrected chi connectivity index (χ2v) is 5.00. The highest BCUT2D eigenvalue weighted by Gasteiger charge is 2.19. The first-order valence-corrected chi connectivity index (χ1v) is 6.32. The smallest absolute Gasteiger partial charge is 0.149 e. The van der Waals surface area contributed by atoms with Crippen molar-refractivity contribution in [2.45, 2.75) is 32.4 Å². The van der Waals surface area contributed by atoms with E-state index in [1.807, 2.05) is 6.92 Å². The molecule has 0 aliphatic rings. The Kier molecular flexibility index (Phi) is 5.69. The van der Waals surface area contributed by atoms with E-state index in [0.717, 1.165) is 0 Å². The summed E-state index contributed by atoms with van der Waals surface area (Å²) in [6.45, 7) is 4.05. The maximum absolute atomic E-state index is 14.0. The van der Waals surface area contributed by atoms with Crippen LogP contribution in [0, 0.1) is 11.6 Å². The molecule has 0 radical (unpaired) electrons. The van der Waals surface area contributed by atoms with Crippen molar-refractivity contribution in [3.05, 3.63) is 29.3 Å². The lowest BCUT2D eigenvalue weighted by Crippen LogP contribution is -2.34. The molecule has 0 bridgehead atoms. The Morgan fingerprint density at radius 1 is 1.26 bits per heavy atom. The van der Waals surface area contributed by atoms with Crippen molar-refractivity contribution in [2.75, 3.05) is 25.7 Å². The van der Waals surface area contributed by atoms with Crippen LogP contribution in [0.1, 0.15) is 19.4 Å². The van der Waals surface area contributed by atoms with Gasteiger partial charge in [0.2, 0.25) is 0 Å². The summed E-state index contributed by atoms with van der Waals surface area (Å²) in [5.41, 5.74) is 6.18. The predicted molar refractivity (Wildman–Crippen MR) is 73.5 cm³/mol. The SMILES string of the molecule is COCC(C)N(C)c1c(F)cc(CC(C)N)cc1F. The predicted octanol–water partition coefficient (Wildman–Crippen LogP) is 2.33. The van der Waals surface area contributed by atoms with E-state index in [1.54, 1.807) is 26.0 Å². The van der Waals surface area contributed by atoms with Crippen LogP contribution >= 0.6 is 0 Å². The van der Waals surface area contributed by atoms with Crippen LogP contribution in [0.4, 0.5) is 14.5 Å². The van der Waals surface area contributed by atoms with Gasteiger partial charge in [0.05, 0.1) is 6.61 Å². The molecule has 0 saturated carbocycles. The van der Waals surface area contributed by atoms with Crippen LogP contribution in [0.3, 0.4) is 0 Å². The molecular weight excluding hydrogens is 250 g/mol. The van der Waals surface area contributed by atoms with E-state index in [0.29, 0.717) is 18.6 Å². The van der Waals surface area contributed by atoms with Gasteiger partial charge in [-0.25, -0.2) is 8.78 Å². The van der Waals surface area contributed by atoms with Gasteiger partial charge in [-0.2, -0.15) is 0 Å². The average molecular weight is 272 g/mol. The fourth-order valence-electron chi connectivity index (χ4n) is 2.02. The third kappa shape index (κ3) is 4.14. The third-order valence-electron chi connectivity index (χ3n) is 3.06. The van der Waals surface area contributed by atoms with Crippen LogP contribution in [0.25, 0.3) is 0 Å². The number of anilines is 1. The van der Waals surface area contributed by atoms with Gasteiger partial charge in [-0.05, 0) is 38.0 Å².